The Hall–Kier alpha value is -3.00. The first kappa shape index (κ1) is 14.4. The lowest BCUT2D eigenvalue weighted by Gasteiger charge is -2.18. The minimum Gasteiger partial charge on any atom is -0.300 e. The van der Waals surface area contributed by atoms with Gasteiger partial charge in [0, 0.05) is 6.07 Å². The van der Waals surface area contributed by atoms with E-state index in [1.165, 1.54) is 17.1 Å². The number of nitro groups is 2. The normalized spacial score (nSPS) is 10.1. The van der Waals surface area contributed by atoms with Gasteiger partial charge in [-0.05, 0) is 11.6 Å². The van der Waals surface area contributed by atoms with Gasteiger partial charge in [0.25, 0.3) is 5.69 Å². The maximum atomic E-state index is 11.1. The summed E-state index contributed by atoms with van der Waals surface area (Å²) in [6.45, 7) is 0.249. The van der Waals surface area contributed by atoms with Gasteiger partial charge in [-0.3, -0.25) is 20.2 Å². The van der Waals surface area contributed by atoms with Gasteiger partial charge in [-0.1, -0.05) is 30.3 Å². The second-order valence-electron chi connectivity index (χ2n) is 4.30. The molecule has 21 heavy (non-hydrogen) atoms. The molecule has 2 aromatic rings. The molecule has 0 unspecified atom stereocenters. The van der Waals surface area contributed by atoms with Crippen LogP contribution < -0.4 is 10.9 Å². The molecule has 2 aromatic carbocycles. The van der Waals surface area contributed by atoms with E-state index in [2.05, 4.69) is 0 Å². The molecule has 8 nitrogen and oxygen atoms in total. The number of rotatable bonds is 5. The van der Waals surface area contributed by atoms with E-state index in [1.807, 2.05) is 30.3 Å². The summed E-state index contributed by atoms with van der Waals surface area (Å²) in [6.07, 6.45) is 0. The summed E-state index contributed by atoms with van der Waals surface area (Å²) in [4.78, 5) is 20.4. The summed E-state index contributed by atoms with van der Waals surface area (Å²) in [5.41, 5.74) is 0.239. The molecule has 2 rings (SSSR count). The van der Waals surface area contributed by atoms with Crippen molar-refractivity contribution >= 4 is 17.1 Å². The molecule has 0 saturated carbocycles. The molecule has 8 heteroatoms. The molecule has 0 fully saturated rings. The Morgan fingerprint density at radius 3 is 2.24 bits per heavy atom. The van der Waals surface area contributed by atoms with Gasteiger partial charge in [-0.25, -0.2) is 5.84 Å². The van der Waals surface area contributed by atoms with Gasteiger partial charge in [0.1, 0.15) is 5.69 Å². The van der Waals surface area contributed by atoms with Crippen molar-refractivity contribution in [2.45, 2.75) is 6.54 Å². The van der Waals surface area contributed by atoms with Crippen LogP contribution in [0.5, 0.6) is 0 Å². The molecule has 0 spiro atoms. The lowest BCUT2D eigenvalue weighted by atomic mass is 10.2. The quantitative estimate of drug-likeness (QED) is 0.513. The summed E-state index contributed by atoms with van der Waals surface area (Å²) >= 11 is 0. The van der Waals surface area contributed by atoms with E-state index in [-0.39, 0.29) is 17.9 Å². The van der Waals surface area contributed by atoms with E-state index < -0.39 is 15.5 Å². The number of hydrazine groups is 1. The maximum absolute atomic E-state index is 11.1. The average Bonchev–Trinajstić information content (AvgIpc) is 2.47. The Kier molecular flexibility index (Phi) is 4.10. The van der Waals surface area contributed by atoms with Gasteiger partial charge in [-0.15, -0.1) is 0 Å². The molecule has 0 amide bonds. The number of benzene rings is 2. The highest BCUT2D eigenvalue weighted by molar-refractivity contribution is 5.66. The van der Waals surface area contributed by atoms with Crippen molar-refractivity contribution in [1.29, 1.82) is 0 Å². The Balaban J connectivity index is 2.34. The third-order valence-corrected chi connectivity index (χ3v) is 2.87. The van der Waals surface area contributed by atoms with Crippen molar-refractivity contribution < 1.29 is 9.85 Å². The fourth-order valence-electron chi connectivity index (χ4n) is 1.88. The van der Waals surface area contributed by atoms with E-state index in [1.54, 1.807) is 0 Å². The minimum absolute atomic E-state index is 0.120. The highest BCUT2D eigenvalue weighted by Crippen LogP contribution is 2.31. The Bertz CT molecular complexity index is 675. The van der Waals surface area contributed by atoms with E-state index >= 15 is 0 Å². The average molecular weight is 288 g/mol. The summed E-state index contributed by atoms with van der Waals surface area (Å²) < 4.78 is 0. The number of anilines is 1. The second-order valence-corrected chi connectivity index (χ2v) is 4.30. The first-order valence-corrected chi connectivity index (χ1v) is 5.98. The fraction of sp³-hybridized carbons (Fsp3) is 0.0769. The van der Waals surface area contributed by atoms with Gasteiger partial charge >= 0.3 is 5.69 Å². The zero-order valence-corrected chi connectivity index (χ0v) is 10.9. The van der Waals surface area contributed by atoms with Crippen LogP contribution in [-0.2, 0) is 6.54 Å². The molecule has 0 aliphatic carbocycles. The van der Waals surface area contributed by atoms with E-state index in [4.69, 9.17) is 5.84 Å². The smallest absolute Gasteiger partial charge is 0.300 e. The summed E-state index contributed by atoms with van der Waals surface area (Å²) in [5.74, 6) is 5.85. The minimum atomic E-state index is -0.687. The Morgan fingerprint density at radius 2 is 1.67 bits per heavy atom. The van der Waals surface area contributed by atoms with Gasteiger partial charge in [0.2, 0.25) is 0 Å². The molecule has 2 N–H and O–H groups in total. The molecular weight excluding hydrogens is 276 g/mol. The number of nitro benzene ring substituents is 2. The number of hydrogen-bond donors (Lipinski definition) is 1. The third-order valence-electron chi connectivity index (χ3n) is 2.87. The van der Waals surface area contributed by atoms with E-state index in [9.17, 15) is 20.2 Å². The van der Waals surface area contributed by atoms with Crippen LogP contribution in [0.1, 0.15) is 5.56 Å². The molecule has 0 radical (unpaired) electrons. The molecule has 0 aromatic heterocycles. The van der Waals surface area contributed by atoms with Crippen molar-refractivity contribution in [1.82, 2.24) is 0 Å². The van der Waals surface area contributed by atoms with Crippen molar-refractivity contribution in [2.75, 3.05) is 5.01 Å². The summed E-state index contributed by atoms with van der Waals surface area (Å²) in [5, 5.41) is 22.9. The van der Waals surface area contributed by atoms with Crippen LogP contribution >= 0.6 is 0 Å². The fourth-order valence-corrected chi connectivity index (χ4v) is 1.88. The molecule has 0 aliphatic rings. The van der Waals surface area contributed by atoms with Crippen molar-refractivity contribution in [2.24, 2.45) is 5.84 Å². The van der Waals surface area contributed by atoms with Crippen LogP contribution in [0.2, 0.25) is 0 Å². The molecule has 0 saturated heterocycles. The van der Waals surface area contributed by atoms with Crippen LogP contribution in [0, 0.1) is 20.2 Å². The number of hydrogen-bond acceptors (Lipinski definition) is 6. The van der Waals surface area contributed by atoms with Gasteiger partial charge in [-0.2, -0.15) is 0 Å². The van der Waals surface area contributed by atoms with Crippen LogP contribution in [0.3, 0.4) is 0 Å². The van der Waals surface area contributed by atoms with Crippen LogP contribution in [0.25, 0.3) is 0 Å². The molecule has 0 aliphatic heterocycles. The number of nitrogens with zero attached hydrogens (tertiary/aromatic N) is 3. The standard InChI is InChI=1S/C13H12N4O4/c14-15(9-10-4-2-1-3-5-10)12-7-6-11(16(18)19)8-13(12)17(20)21/h1-8H,9,14H2. The number of non-ortho nitro benzene ring substituents is 1. The van der Waals surface area contributed by atoms with E-state index in [0.717, 1.165) is 11.6 Å². The van der Waals surface area contributed by atoms with Gasteiger partial charge in [0.15, 0.2) is 0 Å². The van der Waals surface area contributed by atoms with Crippen molar-refractivity contribution in [3.05, 3.63) is 74.3 Å². The van der Waals surface area contributed by atoms with Crippen molar-refractivity contribution in [3.8, 4) is 0 Å². The topological polar surface area (TPSA) is 116 Å². The highest BCUT2D eigenvalue weighted by Gasteiger charge is 2.22. The Labute approximate surface area is 119 Å². The summed E-state index contributed by atoms with van der Waals surface area (Å²) in [6, 6.07) is 12.5. The van der Waals surface area contributed by atoms with Crippen molar-refractivity contribution in [3.63, 3.8) is 0 Å². The Morgan fingerprint density at radius 1 is 1.00 bits per heavy atom. The lowest BCUT2D eigenvalue weighted by Crippen LogP contribution is -2.30. The maximum Gasteiger partial charge on any atom is 0.300 e. The van der Waals surface area contributed by atoms with Crippen LogP contribution in [0.15, 0.2) is 48.5 Å². The molecule has 0 bridgehead atoms. The predicted molar refractivity (Wildman–Crippen MR) is 76.6 cm³/mol. The molecular formula is C13H12N4O4. The zero-order valence-electron chi connectivity index (χ0n) is 10.9. The van der Waals surface area contributed by atoms with E-state index in [0.29, 0.717) is 0 Å². The highest BCUT2D eigenvalue weighted by atomic mass is 16.6. The first-order valence-electron chi connectivity index (χ1n) is 5.98. The monoisotopic (exact) mass is 288 g/mol. The first-order chi connectivity index (χ1) is 9.99. The zero-order chi connectivity index (χ0) is 15.4. The van der Waals surface area contributed by atoms with Gasteiger partial charge < -0.3 is 5.01 Å². The van der Waals surface area contributed by atoms with Crippen LogP contribution in [0.4, 0.5) is 17.1 Å². The summed E-state index contributed by atoms with van der Waals surface area (Å²) in [7, 11) is 0. The van der Waals surface area contributed by atoms with Crippen LogP contribution in [-0.4, -0.2) is 9.85 Å². The SMILES string of the molecule is NN(Cc1ccccc1)c1ccc([N+](=O)[O-])cc1[N+](=O)[O-]. The second kappa shape index (κ2) is 5.97. The molecule has 108 valence electrons. The lowest BCUT2D eigenvalue weighted by molar-refractivity contribution is -0.393. The predicted octanol–water partition coefficient (Wildman–Crippen LogP) is 2.38. The molecule has 0 heterocycles. The number of nitrogens with two attached hydrogens (primary N) is 1. The van der Waals surface area contributed by atoms with Gasteiger partial charge in [0.05, 0.1) is 22.5 Å². The molecule has 0 atom stereocenters. The largest absolute Gasteiger partial charge is 0.300 e. The third kappa shape index (κ3) is 3.31.